The van der Waals surface area contributed by atoms with Gasteiger partial charge in [-0.15, -0.1) is 0 Å². The van der Waals surface area contributed by atoms with Crippen molar-refractivity contribution in [2.45, 2.75) is 25.8 Å². The van der Waals surface area contributed by atoms with E-state index >= 15 is 0 Å². The number of nitriles is 1. The molecule has 8 heteroatoms. The Morgan fingerprint density at radius 3 is 1.98 bits per heavy atom. The molecule has 41 heavy (non-hydrogen) atoms. The fourth-order valence-electron chi connectivity index (χ4n) is 5.35. The molecule has 0 radical (unpaired) electrons. The lowest BCUT2D eigenvalue weighted by Gasteiger charge is -2.37. The van der Waals surface area contributed by atoms with Gasteiger partial charge in [-0.25, -0.2) is 9.48 Å². The summed E-state index contributed by atoms with van der Waals surface area (Å²) in [5, 5.41) is 10.7. The molecule has 0 aliphatic heterocycles. The van der Waals surface area contributed by atoms with Gasteiger partial charge in [0.1, 0.15) is 6.54 Å². The maximum absolute atomic E-state index is 14.7. The summed E-state index contributed by atoms with van der Waals surface area (Å²) in [4.78, 5) is 39.7. The third-order valence-corrected chi connectivity index (χ3v) is 7.07. The number of methoxy groups -OCH3 is 1. The van der Waals surface area contributed by atoms with Crippen molar-refractivity contribution >= 4 is 11.9 Å². The molecule has 0 fully saturated rings. The Kier molecular flexibility index (Phi) is 9.00. The molecule has 0 aliphatic carbocycles. The van der Waals surface area contributed by atoms with Gasteiger partial charge >= 0.3 is 11.9 Å². The second-order valence-corrected chi connectivity index (χ2v) is 9.30. The van der Waals surface area contributed by atoms with Crippen LogP contribution in [-0.2, 0) is 31.0 Å². The highest BCUT2D eigenvalue weighted by Crippen LogP contribution is 2.46. The topological polar surface area (TPSA) is 103 Å². The van der Waals surface area contributed by atoms with Gasteiger partial charge in [0.05, 0.1) is 42.4 Å². The van der Waals surface area contributed by atoms with Crippen LogP contribution in [0.15, 0.2) is 108 Å². The normalized spacial score (nSPS) is 12.0. The van der Waals surface area contributed by atoms with E-state index in [9.17, 15) is 19.6 Å². The average molecular weight is 550 g/mol. The van der Waals surface area contributed by atoms with Crippen molar-refractivity contribution in [2.24, 2.45) is 5.92 Å². The number of rotatable bonds is 10. The van der Waals surface area contributed by atoms with E-state index in [1.807, 2.05) is 66.7 Å². The maximum atomic E-state index is 14.7. The first-order valence-corrected chi connectivity index (χ1v) is 13.2. The highest BCUT2D eigenvalue weighted by molar-refractivity contribution is 5.82. The van der Waals surface area contributed by atoms with Gasteiger partial charge in [-0.1, -0.05) is 84.9 Å². The van der Waals surface area contributed by atoms with Crippen LogP contribution in [0.1, 0.15) is 29.3 Å². The molecule has 0 amide bonds. The van der Waals surface area contributed by atoms with Crippen LogP contribution in [0.4, 0.5) is 0 Å². The van der Waals surface area contributed by atoms with Crippen molar-refractivity contribution < 1.29 is 19.1 Å². The van der Waals surface area contributed by atoms with Crippen LogP contribution in [0.3, 0.4) is 0 Å². The third kappa shape index (κ3) is 5.48. The molecule has 0 bridgehead atoms. The summed E-state index contributed by atoms with van der Waals surface area (Å²) in [5.74, 6) is -2.16. The van der Waals surface area contributed by atoms with Crippen LogP contribution in [0.25, 0.3) is 5.69 Å². The molecule has 0 saturated heterocycles. The van der Waals surface area contributed by atoms with Crippen molar-refractivity contribution in [3.8, 4) is 11.8 Å². The molecule has 1 atom stereocenters. The number of carbonyl (C=O) groups excluding carboxylic acids is 2. The van der Waals surface area contributed by atoms with Gasteiger partial charge in [-0.05, 0) is 37.1 Å². The molecular formula is C33H31N3O5. The van der Waals surface area contributed by atoms with E-state index in [0.29, 0.717) is 28.1 Å². The largest absolute Gasteiger partial charge is 0.466 e. The van der Waals surface area contributed by atoms with Crippen molar-refractivity contribution in [3.63, 3.8) is 0 Å². The van der Waals surface area contributed by atoms with Gasteiger partial charge in [-0.3, -0.25) is 14.3 Å². The molecule has 4 rings (SSSR count). The monoisotopic (exact) mass is 549 g/mol. The number of benzene rings is 3. The Hall–Kier alpha value is -5.16. The van der Waals surface area contributed by atoms with Crippen molar-refractivity contribution in [2.75, 3.05) is 13.7 Å². The van der Waals surface area contributed by atoms with Gasteiger partial charge in [0, 0.05) is 11.8 Å². The molecule has 8 nitrogen and oxygen atoms in total. The molecule has 208 valence electrons. The highest BCUT2D eigenvalue weighted by Gasteiger charge is 2.48. The summed E-state index contributed by atoms with van der Waals surface area (Å²) in [5.41, 5.74) is 0.874. The van der Waals surface area contributed by atoms with Gasteiger partial charge in [-0.2, -0.15) is 5.26 Å². The molecule has 3 aromatic carbocycles. The summed E-state index contributed by atoms with van der Waals surface area (Å²) in [7, 11) is 1.26. The third-order valence-electron chi connectivity index (χ3n) is 7.07. The molecule has 0 saturated carbocycles. The summed E-state index contributed by atoms with van der Waals surface area (Å²) in [6, 6.07) is 29.9. The lowest BCUT2D eigenvalue weighted by Crippen LogP contribution is -2.41. The quantitative estimate of drug-likeness (QED) is 0.210. The van der Waals surface area contributed by atoms with Crippen LogP contribution in [0.5, 0.6) is 0 Å². The fraction of sp³-hybridized carbons (Fsp3) is 0.212. The molecule has 1 heterocycles. The standard InChI is InChI=1S/C33H31N3O5/c1-4-41-30(38)23-35-24(2)31(32(39)36(35)28-18-12-7-13-19-28)33(25-14-8-5-9-15-25,26-16-10-6-11-17-26)27(22-34)20-21-29(37)40-3/h5-21,27H,4,23H2,1-3H3/b21-20-. The van der Waals surface area contributed by atoms with E-state index in [2.05, 4.69) is 6.07 Å². The van der Waals surface area contributed by atoms with E-state index in [4.69, 9.17) is 9.47 Å². The lowest BCUT2D eigenvalue weighted by atomic mass is 9.62. The molecule has 1 aromatic heterocycles. The first-order chi connectivity index (χ1) is 19.9. The number of aromatic nitrogens is 2. The van der Waals surface area contributed by atoms with Crippen LogP contribution >= 0.6 is 0 Å². The summed E-state index contributed by atoms with van der Waals surface area (Å²) in [6.07, 6.45) is 2.68. The van der Waals surface area contributed by atoms with E-state index in [1.54, 1.807) is 42.8 Å². The minimum atomic E-state index is -1.38. The average Bonchev–Trinajstić information content (AvgIpc) is 3.25. The highest BCUT2D eigenvalue weighted by atomic mass is 16.5. The summed E-state index contributed by atoms with van der Waals surface area (Å²) in [6.45, 7) is 3.44. The molecule has 1 unspecified atom stereocenters. The summed E-state index contributed by atoms with van der Waals surface area (Å²) >= 11 is 0. The fourth-order valence-corrected chi connectivity index (χ4v) is 5.35. The predicted octanol–water partition coefficient (Wildman–Crippen LogP) is 4.71. The number of allylic oxidation sites excluding steroid dienone is 1. The molecule has 0 aliphatic rings. The Balaban J connectivity index is 2.19. The second kappa shape index (κ2) is 12.8. The Morgan fingerprint density at radius 1 is 0.951 bits per heavy atom. The Labute approximate surface area is 238 Å². The molecule has 4 aromatic rings. The molecule has 0 N–H and O–H groups in total. The van der Waals surface area contributed by atoms with Crippen molar-refractivity contribution in [3.05, 3.63) is 136 Å². The van der Waals surface area contributed by atoms with E-state index in [-0.39, 0.29) is 13.2 Å². The zero-order valence-electron chi connectivity index (χ0n) is 23.2. The lowest BCUT2D eigenvalue weighted by molar-refractivity contribution is -0.144. The Bertz CT molecular complexity index is 1590. The number of hydrogen-bond acceptors (Lipinski definition) is 6. The SMILES string of the molecule is CCOC(=O)Cn1c(C)c(C(c2ccccc2)(c2ccccc2)C(C#N)/C=C\C(=O)OC)c(=O)n1-c1ccccc1. The van der Waals surface area contributed by atoms with Crippen molar-refractivity contribution in [1.82, 2.24) is 9.36 Å². The van der Waals surface area contributed by atoms with Gasteiger partial charge < -0.3 is 9.47 Å². The number of carbonyl (C=O) groups is 2. The number of ether oxygens (including phenoxy) is 2. The minimum absolute atomic E-state index is 0.189. The van der Waals surface area contributed by atoms with Gasteiger partial charge in [0.25, 0.3) is 5.56 Å². The van der Waals surface area contributed by atoms with Crippen LogP contribution in [-0.4, -0.2) is 35.0 Å². The number of hydrogen-bond donors (Lipinski definition) is 0. The first-order valence-electron chi connectivity index (χ1n) is 13.2. The van der Waals surface area contributed by atoms with E-state index in [1.165, 1.54) is 23.9 Å². The smallest absolute Gasteiger partial charge is 0.330 e. The first kappa shape index (κ1) is 28.8. The molecular weight excluding hydrogens is 518 g/mol. The maximum Gasteiger partial charge on any atom is 0.330 e. The number of para-hydroxylation sites is 1. The molecule has 0 spiro atoms. The Morgan fingerprint density at radius 2 is 1.49 bits per heavy atom. The zero-order chi connectivity index (χ0) is 29.4. The van der Waals surface area contributed by atoms with E-state index in [0.717, 1.165) is 0 Å². The second-order valence-electron chi connectivity index (χ2n) is 9.30. The van der Waals surface area contributed by atoms with Crippen LogP contribution < -0.4 is 5.56 Å². The number of nitrogens with zero attached hydrogens (tertiary/aromatic N) is 3. The van der Waals surface area contributed by atoms with Crippen molar-refractivity contribution in [1.29, 1.82) is 5.26 Å². The summed E-state index contributed by atoms with van der Waals surface area (Å²) < 4.78 is 13.1. The number of esters is 2. The predicted molar refractivity (Wildman–Crippen MR) is 154 cm³/mol. The zero-order valence-corrected chi connectivity index (χ0v) is 23.2. The van der Waals surface area contributed by atoms with Crippen LogP contribution in [0.2, 0.25) is 0 Å². The van der Waals surface area contributed by atoms with Gasteiger partial charge in [0.15, 0.2) is 0 Å². The minimum Gasteiger partial charge on any atom is -0.466 e. The van der Waals surface area contributed by atoms with E-state index < -0.39 is 28.8 Å². The van der Waals surface area contributed by atoms with Gasteiger partial charge in [0.2, 0.25) is 0 Å². The van der Waals surface area contributed by atoms with Crippen LogP contribution in [0, 0.1) is 24.2 Å².